The van der Waals surface area contributed by atoms with Gasteiger partial charge in [0.25, 0.3) is 5.69 Å². The van der Waals surface area contributed by atoms with Crippen LogP contribution in [-0.4, -0.2) is 24.2 Å². The zero-order valence-electron chi connectivity index (χ0n) is 17.6. The van der Waals surface area contributed by atoms with Crippen LogP contribution >= 0.6 is 35.1 Å². The van der Waals surface area contributed by atoms with Gasteiger partial charge >= 0.3 is 7.60 Å². The molecule has 0 aliphatic heterocycles. The number of aliphatic hydroxyl groups excluding tert-OH is 1. The highest BCUT2D eigenvalue weighted by Gasteiger charge is 2.57. The molecule has 0 bridgehead atoms. The van der Waals surface area contributed by atoms with Crippen LogP contribution in [0.1, 0.15) is 17.2 Å². The van der Waals surface area contributed by atoms with E-state index in [1.807, 2.05) is 0 Å². The van der Waals surface area contributed by atoms with Crippen molar-refractivity contribution in [2.24, 2.45) is 0 Å². The number of rotatable bonds is 9. The van der Waals surface area contributed by atoms with Gasteiger partial charge in [-0.1, -0.05) is 41.9 Å². The Kier molecular flexibility index (Phi) is 7.95. The summed E-state index contributed by atoms with van der Waals surface area (Å²) < 4.78 is 25.5. The number of halogens is 2. The topological polar surface area (TPSA) is 111 Å². The number of aliphatic hydroxyl groups is 1. The lowest BCUT2D eigenvalue weighted by Gasteiger charge is -2.43. The fraction of sp³-hybridized carbons (Fsp3) is 0.182. The van der Waals surface area contributed by atoms with E-state index in [1.165, 1.54) is 38.5 Å². The van der Waals surface area contributed by atoms with Crippen LogP contribution in [-0.2, 0) is 18.9 Å². The first-order valence-electron chi connectivity index (χ1n) is 9.61. The lowest BCUT2D eigenvalue weighted by atomic mass is 9.94. The molecule has 0 spiro atoms. The summed E-state index contributed by atoms with van der Waals surface area (Å²) in [6.45, 7) is 0. The van der Waals surface area contributed by atoms with Crippen LogP contribution in [0.15, 0.2) is 77.3 Å². The third kappa shape index (κ3) is 4.84. The number of nitro benzene ring substituents is 1. The van der Waals surface area contributed by atoms with Crippen LogP contribution in [0, 0.1) is 10.1 Å². The molecule has 2 N–H and O–H groups in total. The predicted molar refractivity (Wildman–Crippen MR) is 131 cm³/mol. The van der Waals surface area contributed by atoms with E-state index in [0.29, 0.717) is 20.7 Å². The van der Waals surface area contributed by atoms with Gasteiger partial charge in [0, 0.05) is 41.5 Å². The summed E-state index contributed by atoms with van der Waals surface area (Å²) in [5.74, 6) is 0. The number of nitrogens with one attached hydrogen (secondary N) is 1. The molecule has 11 heteroatoms. The molecule has 2 atom stereocenters. The maximum atomic E-state index is 14.1. The normalized spacial score (nSPS) is 14.3. The number of nitrogens with zero attached hydrogens (tertiary/aromatic N) is 1. The Balaban J connectivity index is 2.30. The summed E-state index contributed by atoms with van der Waals surface area (Å²) in [6.07, 6.45) is -1.52. The Labute approximate surface area is 204 Å². The number of benzene rings is 3. The Morgan fingerprint density at radius 2 is 1.70 bits per heavy atom. The van der Waals surface area contributed by atoms with Crippen LogP contribution in [0.25, 0.3) is 0 Å². The van der Waals surface area contributed by atoms with Crippen molar-refractivity contribution in [2.75, 3.05) is 19.5 Å². The molecule has 3 rings (SSSR count). The zero-order chi connectivity index (χ0) is 24.2. The summed E-state index contributed by atoms with van der Waals surface area (Å²) in [4.78, 5) is 10.5. The van der Waals surface area contributed by atoms with Gasteiger partial charge in [0.15, 0.2) is 5.28 Å². The van der Waals surface area contributed by atoms with E-state index in [4.69, 9.17) is 20.6 Å². The molecule has 3 aromatic carbocycles. The van der Waals surface area contributed by atoms with Crippen LogP contribution in [0.2, 0.25) is 5.02 Å². The quantitative estimate of drug-likeness (QED) is 0.176. The molecule has 0 fully saturated rings. The Hall–Kier alpha value is -2.26. The fourth-order valence-electron chi connectivity index (χ4n) is 3.55. The van der Waals surface area contributed by atoms with Crippen LogP contribution in [0.3, 0.4) is 0 Å². The Morgan fingerprint density at radius 3 is 2.21 bits per heavy atom. The third-order valence-electron chi connectivity index (χ3n) is 5.20. The average molecular weight is 556 g/mol. The second-order valence-electron chi connectivity index (χ2n) is 7.00. The number of hydrogen-bond donors (Lipinski definition) is 2. The van der Waals surface area contributed by atoms with E-state index in [2.05, 4.69) is 21.2 Å². The zero-order valence-corrected chi connectivity index (χ0v) is 20.9. The average Bonchev–Trinajstić information content (AvgIpc) is 2.83. The van der Waals surface area contributed by atoms with Crippen molar-refractivity contribution in [2.45, 2.75) is 11.4 Å². The number of hydrogen-bond acceptors (Lipinski definition) is 7. The van der Waals surface area contributed by atoms with Crippen molar-refractivity contribution in [3.63, 3.8) is 0 Å². The van der Waals surface area contributed by atoms with Crippen LogP contribution < -0.4 is 5.32 Å². The SMILES string of the molecule is COP(=O)(OC)[C@@](Nc1ccc(Cl)cc1Br)(c1ccccc1)[C@@H](O)c1ccc([N+](=O)[O-])cc1. The molecule has 0 radical (unpaired) electrons. The molecule has 174 valence electrons. The van der Waals surface area contributed by atoms with Crippen molar-refractivity contribution in [1.82, 2.24) is 0 Å². The number of nitro groups is 1. The molecular weight excluding hydrogens is 535 g/mol. The van der Waals surface area contributed by atoms with Crippen LogP contribution in [0.4, 0.5) is 11.4 Å². The maximum Gasteiger partial charge on any atom is 0.362 e. The van der Waals surface area contributed by atoms with Crippen molar-refractivity contribution in [3.8, 4) is 0 Å². The lowest BCUT2D eigenvalue weighted by molar-refractivity contribution is -0.384. The standard InChI is InChI=1S/C22H21BrClN2O6P/c1-31-33(30,32-2)22(16-6-4-3-5-7-16,25-20-13-10-17(24)14-19(20)23)21(27)15-8-11-18(12-9-15)26(28)29/h3-14,21,25,27H,1-2H3/t21-,22-/m0/s1. The molecule has 0 saturated carbocycles. The molecule has 0 aliphatic carbocycles. The first kappa shape index (κ1) is 25.4. The van der Waals surface area contributed by atoms with Gasteiger partial charge in [0.05, 0.1) is 4.92 Å². The molecule has 33 heavy (non-hydrogen) atoms. The fourth-order valence-corrected chi connectivity index (χ4v) is 6.22. The van der Waals surface area contributed by atoms with E-state index in [0.717, 1.165) is 0 Å². The minimum Gasteiger partial charge on any atom is -0.385 e. The molecule has 0 saturated heterocycles. The predicted octanol–water partition coefficient (Wildman–Crippen LogP) is 6.50. The molecule has 0 unspecified atom stereocenters. The number of anilines is 1. The molecule has 0 aliphatic rings. The molecule has 3 aromatic rings. The minimum atomic E-state index is -4.14. The van der Waals surface area contributed by atoms with Gasteiger partial charge in [-0.05, 0) is 57.4 Å². The van der Waals surface area contributed by atoms with Crippen molar-refractivity contribution in [1.29, 1.82) is 0 Å². The van der Waals surface area contributed by atoms with E-state index >= 15 is 0 Å². The summed E-state index contributed by atoms with van der Waals surface area (Å²) in [5.41, 5.74) is 0.978. The van der Waals surface area contributed by atoms with Crippen molar-refractivity contribution >= 4 is 46.5 Å². The van der Waals surface area contributed by atoms with Crippen molar-refractivity contribution in [3.05, 3.63) is 104 Å². The van der Waals surface area contributed by atoms with Gasteiger partial charge in [-0.2, -0.15) is 0 Å². The van der Waals surface area contributed by atoms with E-state index < -0.39 is 23.9 Å². The van der Waals surface area contributed by atoms with E-state index in [-0.39, 0.29) is 11.3 Å². The largest absolute Gasteiger partial charge is 0.385 e. The Morgan fingerprint density at radius 1 is 1.09 bits per heavy atom. The molecule has 0 aromatic heterocycles. The van der Waals surface area contributed by atoms with Gasteiger partial charge in [0.1, 0.15) is 6.10 Å². The lowest BCUT2D eigenvalue weighted by Crippen LogP contribution is -2.42. The smallest absolute Gasteiger partial charge is 0.362 e. The minimum absolute atomic E-state index is 0.147. The molecule has 8 nitrogen and oxygen atoms in total. The van der Waals surface area contributed by atoms with Gasteiger partial charge in [0.2, 0.25) is 0 Å². The first-order valence-corrected chi connectivity index (χ1v) is 12.3. The second kappa shape index (κ2) is 10.3. The first-order chi connectivity index (χ1) is 15.7. The summed E-state index contributed by atoms with van der Waals surface area (Å²) >= 11 is 9.52. The Bertz CT molecular complexity index is 1170. The van der Waals surface area contributed by atoms with Gasteiger partial charge in [-0.3, -0.25) is 14.7 Å². The summed E-state index contributed by atoms with van der Waals surface area (Å²) in [5, 5.41) is 24.6. The van der Waals surface area contributed by atoms with Gasteiger partial charge < -0.3 is 19.5 Å². The summed E-state index contributed by atoms with van der Waals surface area (Å²) in [7, 11) is -1.69. The highest BCUT2D eigenvalue weighted by atomic mass is 79.9. The maximum absolute atomic E-state index is 14.1. The van der Waals surface area contributed by atoms with Gasteiger partial charge in [-0.15, -0.1) is 0 Å². The highest BCUT2D eigenvalue weighted by Crippen LogP contribution is 2.68. The van der Waals surface area contributed by atoms with Crippen molar-refractivity contribution < 1.29 is 23.6 Å². The van der Waals surface area contributed by atoms with E-state index in [9.17, 15) is 19.8 Å². The highest BCUT2D eigenvalue weighted by molar-refractivity contribution is 9.10. The van der Waals surface area contributed by atoms with Gasteiger partial charge in [-0.25, -0.2) is 0 Å². The second-order valence-corrected chi connectivity index (χ2v) is 10.7. The molecule has 0 heterocycles. The molecular formula is C22H21BrClN2O6P. The summed E-state index contributed by atoms with van der Waals surface area (Å²) in [6, 6.07) is 18.8. The van der Waals surface area contributed by atoms with Crippen LogP contribution in [0.5, 0.6) is 0 Å². The third-order valence-corrected chi connectivity index (χ3v) is 8.53. The number of non-ortho nitro benzene ring substituents is 1. The molecule has 0 amide bonds. The monoisotopic (exact) mass is 554 g/mol. The van der Waals surface area contributed by atoms with E-state index in [1.54, 1.807) is 48.5 Å².